The Labute approximate surface area is 196 Å². The van der Waals surface area contributed by atoms with Crippen LogP contribution in [-0.4, -0.2) is 50.0 Å². The molecule has 0 unspecified atom stereocenters. The van der Waals surface area contributed by atoms with E-state index in [4.69, 9.17) is 18.9 Å². The molecule has 0 aliphatic heterocycles. The van der Waals surface area contributed by atoms with Crippen LogP contribution in [-0.2, 0) is 9.47 Å². The van der Waals surface area contributed by atoms with Gasteiger partial charge in [-0.1, -0.05) is 63.5 Å². The molecule has 0 aromatic heterocycles. The van der Waals surface area contributed by atoms with E-state index in [1.54, 1.807) is 14.2 Å². The Morgan fingerprint density at radius 2 is 1.06 bits per heavy atom. The molecule has 2 aromatic carbocycles. The largest absolute Gasteiger partial charge is 0.465 e. The lowest BCUT2D eigenvalue weighted by Gasteiger charge is -2.35. The van der Waals surface area contributed by atoms with Gasteiger partial charge in [0, 0.05) is 20.3 Å². The molecule has 7 heteroatoms. The Hall–Kier alpha value is -1.81. The third-order valence-corrected chi connectivity index (χ3v) is 9.30. The summed E-state index contributed by atoms with van der Waals surface area (Å²) in [6.07, 6.45) is 0. The molecule has 0 bridgehead atoms. The summed E-state index contributed by atoms with van der Waals surface area (Å²) in [7, 11) is -0.0199. The topological polar surface area (TPSA) is 40.2 Å². The molecule has 0 fully saturated rings. The van der Waals surface area contributed by atoms with Crippen molar-refractivity contribution < 1.29 is 18.9 Å². The molecule has 5 nitrogen and oxygen atoms in total. The summed E-state index contributed by atoms with van der Waals surface area (Å²) in [5.74, 6) is 1.80. The molecule has 0 saturated carbocycles. The molecule has 0 aliphatic rings. The maximum Gasteiger partial charge on any atom is 0.188 e. The summed E-state index contributed by atoms with van der Waals surface area (Å²) >= 11 is 0. The predicted molar refractivity (Wildman–Crippen MR) is 141 cm³/mol. The minimum Gasteiger partial charge on any atom is -0.465 e. The molecule has 0 amide bonds. The average Bonchev–Trinajstić information content (AvgIpc) is 2.69. The van der Waals surface area contributed by atoms with Crippen LogP contribution in [0.5, 0.6) is 11.5 Å². The van der Waals surface area contributed by atoms with E-state index in [1.807, 2.05) is 0 Å². The molecule has 0 N–H and O–H groups in total. The molecule has 0 saturated heterocycles. The lowest BCUT2D eigenvalue weighted by Crippen LogP contribution is -2.41. The van der Waals surface area contributed by atoms with Crippen molar-refractivity contribution in [2.75, 3.05) is 32.7 Å². The summed E-state index contributed by atoms with van der Waals surface area (Å²) in [5.41, 5.74) is 2.07. The predicted octanol–water partition coefficient (Wildman–Crippen LogP) is 5.29. The van der Waals surface area contributed by atoms with Crippen molar-refractivity contribution >= 4 is 37.9 Å². The molecular weight excluding hydrogens is 434 g/mol. The van der Waals surface area contributed by atoms with Gasteiger partial charge < -0.3 is 23.8 Å². The zero-order valence-electron chi connectivity index (χ0n) is 21.5. The maximum atomic E-state index is 6.23. The third kappa shape index (κ3) is 6.16. The summed E-state index contributed by atoms with van der Waals surface area (Å²) in [4.78, 5) is 2.32. The molecule has 178 valence electrons. The monoisotopic (exact) mass is 475 g/mol. The van der Waals surface area contributed by atoms with E-state index < -0.39 is 16.1 Å². The van der Waals surface area contributed by atoms with Crippen molar-refractivity contribution in [1.82, 2.24) is 0 Å². The van der Waals surface area contributed by atoms with Gasteiger partial charge in [-0.25, -0.2) is 0 Å². The van der Waals surface area contributed by atoms with Gasteiger partial charge >= 0.3 is 0 Å². The van der Waals surface area contributed by atoms with Crippen LogP contribution in [0.3, 0.4) is 0 Å². The highest BCUT2D eigenvalue weighted by molar-refractivity contribution is 6.90. The Kier molecular flexibility index (Phi) is 8.99. The van der Waals surface area contributed by atoms with Gasteiger partial charge in [-0.3, -0.25) is 0 Å². The molecular formula is C25H41NO4Si2. The van der Waals surface area contributed by atoms with Gasteiger partial charge in [-0.05, 0) is 36.4 Å². The highest BCUT2D eigenvalue weighted by Gasteiger charge is 2.30. The second-order valence-electron chi connectivity index (χ2n) is 10.4. The van der Waals surface area contributed by atoms with Gasteiger partial charge in [0.1, 0.15) is 11.5 Å². The van der Waals surface area contributed by atoms with Crippen molar-refractivity contribution in [3.05, 3.63) is 36.4 Å². The van der Waals surface area contributed by atoms with Crippen LogP contribution >= 0.6 is 0 Å². The van der Waals surface area contributed by atoms with Crippen LogP contribution in [0.15, 0.2) is 36.4 Å². The smallest absolute Gasteiger partial charge is 0.188 e. The van der Waals surface area contributed by atoms with E-state index in [0.29, 0.717) is 0 Å². The van der Waals surface area contributed by atoms with Gasteiger partial charge in [0.05, 0.1) is 27.5 Å². The van der Waals surface area contributed by atoms with Crippen molar-refractivity contribution in [1.29, 1.82) is 0 Å². The van der Waals surface area contributed by atoms with Gasteiger partial charge in [-0.15, -0.1) is 0 Å². The average molecular weight is 476 g/mol. The van der Waals surface area contributed by atoms with E-state index in [-0.39, 0.29) is 19.6 Å². The normalized spacial score (nSPS) is 12.2. The number of benzene rings is 2. The second-order valence-corrected chi connectivity index (χ2v) is 20.5. The maximum absolute atomic E-state index is 6.23. The first kappa shape index (κ1) is 26.4. The first-order valence-electron chi connectivity index (χ1n) is 11.2. The number of nitrogens with zero attached hydrogens (tertiary/aromatic N) is 1. The zero-order chi connectivity index (χ0) is 24.1. The van der Waals surface area contributed by atoms with Crippen molar-refractivity contribution in [3.63, 3.8) is 0 Å². The molecule has 0 atom stereocenters. The Morgan fingerprint density at radius 3 is 1.34 bits per heavy atom. The number of anilines is 2. The quantitative estimate of drug-likeness (QED) is 0.326. The van der Waals surface area contributed by atoms with Crippen molar-refractivity contribution in [2.24, 2.45) is 0 Å². The van der Waals surface area contributed by atoms with Gasteiger partial charge in [0.2, 0.25) is 0 Å². The number of para-hydroxylation sites is 2. The van der Waals surface area contributed by atoms with Gasteiger partial charge in [0.25, 0.3) is 0 Å². The number of rotatable bonds is 11. The molecule has 32 heavy (non-hydrogen) atoms. The molecule has 0 heterocycles. The fourth-order valence-electron chi connectivity index (χ4n) is 3.84. The zero-order valence-corrected chi connectivity index (χ0v) is 23.5. The number of hydrogen-bond donors (Lipinski definition) is 0. The Bertz CT molecular complexity index is 819. The lowest BCUT2D eigenvalue weighted by atomic mass is 10.1. The van der Waals surface area contributed by atoms with Gasteiger partial charge in [0.15, 0.2) is 13.6 Å². The summed E-state index contributed by atoms with van der Waals surface area (Å²) in [5, 5.41) is 2.55. The summed E-state index contributed by atoms with van der Waals surface area (Å²) in [6, 6.07) is 13.1. The van der Waals surface area contributed by atoms with E-state index >= 15 is 0 Å². The number of hydrogen-bond acceptors (Lipinski definition) is 5. The van der Waals surface area contributed by atoms with Crippen molar-refractivity contribution in [2.45, 2.75) is 59.2 Å². The highest BCUT2D eigenvalue weighted by atomic mass is 28.3. The van der Waals surface area contributed by atoms with Gasteiger partial charge in [-0.2, -0.15) is 0 Å². The van der Waals surface area contributed by atoms with Crippen LogP contribution in [0.2, 0.25) is 39.3 Å². The third-order valence-electron chi connectivity index (χ3n) is 5.28. The van der Waals surface area contributed by atoms with Crippen LogP contribution in [0.4, 0.5) is 11.4 Å². The molecule has 0 aliphatic carbocycles. The second kappa shape index (κ2) is 10.9. The Balaban J connectivity index is 2.81. The van der Waals surface area contributed by atoms with Crippen LogP contribution in [0.25, 0.3) is 0 Å². The van der Waals surface area contributed by atoms with Crippen LogP contribution in [0.1, 0.15) is 13.8 Å². The number of ether oxygens (including phenoxy) is 4. The fourth-order valence-corrected chi connectivity index (χ4v) is 6.79. The molecule has 0 spiro atoms. The highest BCUT2D eigenvalue weighted by Crippen LogP contribution is 2.40. The van der Waals surface area contributed by atoms with Crippen LogP contribution < -0.4 is 24.7 Å². The fraction of sp³-hybridized carbons (Fsp3) is 0.520. The first-order chi connectivity index (χ1) is 14.9. The number of methoxy groups -OCH3 is 2. The van der Waals surface area contributed by atoms with Crippen molar-refractivity contribution in [3.8, 4) is 11.5 Å². The molecule has 0 radical (unpaired) electrons. The summed E-state index contributed by atoms with van der Waals surface area (Å²) in [6.45, 7) is 18.8. The van der Waals surface area contributed by atoms with E-state index in [1.165, 1.54) is 10.4 Å². The standard InChI is InChI=1S/C25H41NO4Si2/c1-19(2)26(20-13-11-15-22(31(5,6)7)24(20)29-17-27-3)21-14-12-16-23(32(8,9)10)25(21)30-18-28-4/h11-16,19H,17-18H2,1-10H3. The summed E-state index contributed by atoms with van der Waals surface area (Å²) < 4.78 is 23.0. The van der Waals surface area contributed by atoms with E-state index in [2.05, 4.69) is 94.4 Å². The van der Waals surface area contributed by atoms with E-state index in [9.17, 15) is 0 Å². The first-order valence-corrected chi connectivity index (χ1v) is 18.2. The molecule has 2 aromatic rings. The Morgan fingerprint density at radius 1 is 0.688 bits per heavy atom. The lowest BCUT2D eigenvalue weighted by molar-refractivity contribution is 0.0516. The van der Waals surface area contributed by atoms with Crippen LogP contribution in [0, 0.1) is 0 Å². The minimum absolute atomic E-state index is 0.179. The molecule has 2 rings (SSSR count). The SMILES string of the molecule is COCOc1c(N(c2cccc([Si](C)(C)C)c2OCOC)C(C)C)cccc1[Si](C)(C)C. The van der Waals surface area contributed by atoms with E-state index in [0.717, 1.165) is 22.9 Å². The minimum atomic E-state index is -1.67.